The maximum atomic E-state index is 13.2. The molecule has 9 heteroatoms. The maximum absolute atomic E-state index is 13.2. The van der Waals surface area contributed by atoms with Crippen molar-refractivity contribution in [2.45, 2.75) is 24.7 Å². The number of sulfonamides is 1. The van der Waals surface area contributed by atoms with Gasteiger partial charge in [-0.15, -0.1) is 0 Å². The van der Waals surface area contributed by atoms with Crippen LogP contribution >= 0.6 is 0 Å². The first-order valence-electron chi connectivity index (χ1n) is 11.4. The molecule has 2 heterocycles. The molecule has 5 rings (SSSR count). The summed E-state index contributed by atoms with van der Waals surface area (Å²) in [7, 11) is -3.71. The Bertz CT molecular complexity index is 1480. The van der Waals surface area contributed by atoms with Gasteiger partial charge in [-0.2, -0.15) is 4.31 Å². The fraction of sp³-hybridized carbons (Fsp3) is 0.231. The molecule has 0 radical (unpaired) electrons. The normalized spacial score (nSPS) is 15.4. The zero-order valence-electron chi connectivity index (χ0n) is 19.2. The third-order valence-corrected chi connectivity index (χ3v) is 8.29. The predicted octanol–water partition coefficient (Wildman–Crippen LogP) is 4.51. The van der Waals surface area contributed by atoms with E-state index in [9.17, 15) is 17.6 Å². The van der Waals surface area contributed by atoms with Gasteiger partial charge in [-0.25, -0.2) is 17.8 Å². The van der Waals surface area contributed by atoms with Crippen LogP contribution in [0, 0.1) is 18.7 Å². The van der Waals surface area contributed by atoms with Gasteiger partial charge in [-0.1, -0.05) is 18.2 Å². The number of hydrogen-bond donors (Lipinski definition) is 1. The van der Waals surface area contributed by atoms with Crippen molar-refractivity contribution in [3.05, 3.63) is 84.4 Å². The van der Waals surface area contributed by atoms with Gasteiger partial charge in [0.15, 0.2) is 0 Å². The third kappa shape index (κ3) is 4.56. The lowest BCUT2D eigenvalue weighted by molar-refractivity contribution is -0.120. The van der Waals surface area contributed by atoms with Crippen LogP contribution in [0.1, 0.15) is 18.7 Å². The summed E-state index contributed by atoms with van der Waals surface area (Å²) in [5.74, 6) is -0.0692. The molecule has 0 spiro atoms. The van der Waals surface area contributed by atoms with Crippen molar-refractivity contribution >= 4 is 32.7 Å². The summed E-state index contributed by atoms with van der Waals surface area (Å²) >= 11 is 0. The van der Waals surface area contributed by atoms with Gasteiger partial charge in [0.1, 0.15) is 11.6 Å². The number of halogens is 1. The summed E-state index contributed by atoms with van der Waals surface area (Å²) in [5.41, 5.74) is 3.41. The second-order valence-electron chi connectivity index (χ2n) is 8.66. The number of fused-ring (bicyclic) bond motifs is 1. The fourth-order valence-corrected chi connectivity index (χ4v) is 6.01. The summed E-state index contributed by atoms with van der Waals surface area (Å²) < 4.78 is 42.2. The highest BCUT2D eigenvalue weighted by Crippen LogP contribution is 2.27. The zero-order valence-corrected chi connectivity index (χ0v) is 20.0. The quantitative estimate of drug-likeness (QED) is 0.444. The number of anilines is 1. The molecule has 180 valence electrons. The highest BCUT2D eigenvalue weighted by molar-refractivity contribution is 7.89. The molecular formula is C26H25FN4O3S. The first kappa shape index (κ1) is 23.2. The number of hydrogen-bond acceptors (Lipinski definition) is 4. The van der Waals surface area contributed by atoms with Crippen LogP contribution in [0.2, 0.25) is 0 Å². The average molecular weight is 493 g/mol. The summed E-state index contributed by atoms with van der Waals surface area (Å²) in [6.45, 7) is 2.41. The van der Waals surface area contributed by atoms with Gasteiger partial charge in [0.05, 0.1) is 15.9 Å². The van der Waals surface area contributed by atoms with Crippen molar-refractivity contribution in [2.75, 3.05) is 18.4 Å². The minimum Gasteiger partial charge on any atom is -0.326 e. The molecule has 0 unspecified atom stereocenters. The van der Waals surface area contributed by atoms with E-state index in [1.54, 1.807) is 0 Å². The fourth-order valence-electron chi connectivity index (χ4n) is 4.54. The summed E-state index contributed by atoms with van der Waals surface area (Å²) in [5, 5.41) is 2.97. The van der Waals surface area contributed by atoms with E-state index in [1.165, 1.54) is 16.4 Å². The van der Waals surface area contributed by atoms with Crippen molar-refractivity contribution < 1.29 is 17.6 Å². The van der Waals surface area contributed by atoms with Crippen LogP contribution in [0.3, 0.4) is 0 Å². The molecule has 1 aliphatic heterocycles. The summed E-state index contributed by atoms with van der Waals surface area (Å²) in [4.78, 5) is 17.6. The van der Waals surface area contributed by atoms with Gasteiger partial charge in [0.2, 0.25) is 15.9 Å². The minimum atomic E-state index is -3.71. The van der Waals surface area contributed by atoms with Gasteiger partial charge in [0.25, 0.3) is 0 Å². The van der Waals surface area contributed by atoms with Crippen molar-refractivity contribution in [3.8, 4) is 5.69 Å². The van der Waals surface area contributed by atoms with Crippen LogP contribution in [-0.2, 0) is 14.8 Å². The van der Waals surface area contributed by atoms with Gasteiger partial charge < -0.3 is 5.32 Å². The van der Waals surface area contributed by atoms with Crippen LogP contribution in [0.4, 0.5) is 10.1 Å². The van der Waals surface area contributed by atoms with Crippen molar-refractivity contribution in [3.63, 3.8) is 0 Å². The number of carbonyl (C=O) groups is 1. The lowest BCUT2D eigenvalue weighted by atomic mass is 9.97. The Hall–Kier alpha value is -3.56. The number of nitrogens with zero attached hydrogens (tertiary/aromatic N) is 3. The number of aryl methyl sites for hydroxylation is 1. The predicted molar refractivity (Wildman–Crippen MR) is 132 cm³/mol. The summed E-state index contributed by atoms with van der Waals surface area (Å²) in [6, 6.07) is 20.4. The number of carbonyl (C=O) groups excluding carboxylic acids is 1. The second kappa shape index (κ2) is 9.24. The minimum absolute atomic E-state index is 0.0559. The van der Waals surface area contributed by atoms with Gasteiger partial charge in [-0.3, -0.25) is 9.36 Å². The Kier molecular flexibility index (Phi) is 6.12. The molecule has 1 saturated heterocycles. The first-order valence-corrected chi connectivity index (χ1v) is 12.9. The molecule has 1 aromatic heterocycles. The Morgan fingerprint density at radius 1 is 1.00 bits per heavy atom. The zero-order chi connectivity index (χ0) is 24.6. The number of amides is 1. The molecule has 7 nitrogen and oxygen atoms in total. The van der Waals surface area contributed by atoms with Crippen molar-refractivity contribution in [1.29, 1.82) is 0 Å². The second-order valence-corrected chi connectivity index (χ2v) is 10.6. The van der Waals surface area contributed by atoms with Crippen molar-refractivity contribution in [1.82, 2.24) is 13.9 Å². The van der Waals surface area contributed by atoms with E-state index in [0.29, 0.717) is 18.5 Å². The van der Waals surface area contributed by atoms with Crippen LogP contribution in [0.25, 0.3) is 16.7 Å². The Labute approximate surface area is 203 Å². The number of rotatable bonds is 5. The third-order valence-electron chi connectivity index (χ3n) is 6.38. The van der Waals surface area contributed by atoms with Gasteiger partial charge >= 0.3 is 0 Å². The number of para-hydroxylation sites is 1. The largest absolute Gasteiger partial charge is 0.326 e. The number of benzene rings is 3. The lowest BCUT2D eigenvalue weighted by Crippen LogP contribution is -2.41. The molecule has 1 fully saturated rings. The SMILES string of the molecule is Cc1nc2cc(NC(=O)C3CCN(S(=O)(=O)c4ccc(F)cc4)CC3)ccc2n1-c1ccccc1. The number of nitrogens with one attached hydrogen (secondary N) is 1. The van der Waals surface area contributed by atoms with E-state index in [-0.39, 0.29) is 29.8 Å². The maximum Gasteiger partial charge on any atom is 0.243 e. The molecule has 0 atom stereocenters. The topological polar surface area (TPSA) is 84.3 Å². The van der Waals surface area contributed by atoms with E-state index in [1.807, 2.05) is 55.5 Å². The molecule has 0 aliphatic carbocycles. The van der Waals surface area contributed by atoms with E-state index >= 15 is 0 Å². The molecule has 1 N–H and O–H groups in total. The molecule has 4 aromatic rings. The number of aromatic nitrogens is 2. The average Bonchev–Trinajstić information content (AvgIpc) is 3.19. The van der Waals surface area contributed by atoms with Crippen molar-refractivity contribution in [2.24, 2.45) is 5.92 Å². The first-order chi connectivity index (χ1) is 16.8. The monoisotopic (exact) mass is 492 g/mol. The van der Waals surface area contributed by atoms with Crippen LogP contribution < -0.4 is 5.32 Å². The van der Waals surface area contributed by atoms with Gasteiger partial charge in [-0.05, 0) is 74.4 Å². The van der Waals surface area contributed by atoms with E-state index in [2.05, 4.69) is 14.9 Å². The van der Waals surface area contributed by atoms with E-state index in [0.717, 1.165) is 34.7 Å². The smallest absolute Gasteiger partial charge is 0.243 e. The van der Waals surface area contributed by atoms with E-state index < -0.39 is 15.8 Å². The number of imidazole rings is 1. The summed E-state index contributed by atoms with van der Waals surface area (Å²) in [6.07, 6.45) is 0.826. The molecule has 0 saturated carbocycles. The molecule has 1 amide bonds. The van der Waals surface area contributed by atoms with Gasteiger partial charge in [0, 0.05) is 30.4 Å². The number of piperidine rings is 1. The molecular weight excluding hydrogens is 467 g/mol. The van der Waals surface area contributed by atoms with Crippen LogP contribution in [-0.4, -0.2) is 41.3 Å². The van der Waals surface area contributed by atoms with Crippen LogP contribution in [0.5, 0.6) is 0 Å². The molecule has 35 heavy (non-hydrogen) atoms. The van der Waals surface area contributed by atoms with E-state index in [4.69, 9.17) is 0 Å². The highest BCUT2D eigenvalue weighted by Gasteiger charge is 2.32. The Balaban J connectivity index is 1.26. The standard InChI is InChI=1S/C26H25FN4O3S/c1-18-28-24-17-21(9-12-25(24)31(18)22-5-3-2-4-6-22)29-26(32)19-13-15-30(16-14-19)35(33,34)23-10-7-20(27)8-11-23/h2-12,17,19H,13-16H2,1H3,(H,29,32). The molecule has 1 aliphatic rings. The molecule has 0 bridgehead atoms. The lowest BCUT2D eigenvalue weighted by Gasteiger charge is -2.30. The highest BCUT2D eigenvalue weighted by atomic mass is 32.2. The molecule has 3 aromatic carbocycles. The Morgan fingerprint density at radius 3 is 2.37 bits per heavy atom. The Morgan fingerprint density at radius 2 is 1.69 bits per heavy atom. The van der Waals surface area contributed by atoms with Crippen LogP contribution in [0.15, 0.2) is 77.7 Å².